The Labute approximate surface area is 198 Å². The summed E-state index contributed by atoms with van der Waals surface area (Å²) >= 11 is 0. The van der Waals surface area contributed by atoms with E-state index in [1.165, 1.54) is 12.1 Å². The van der Waals surface area contributed by atoms with E-state index in [4.69, 9.17) is 15.2 Å². The van der Waals surface area contributed by atoms with Crippen LogP contribution < -0.4 is 4.90 Å². The van der Waals surface area contributed by atoms with E-state index >= 15 is 0 Å². The Kier molecular flexibility index (Phi) is 5.72. The molecule has 7 nitrogen and oxygen atoms in total. The van der Waals surface area contributed by atoms with Crippen molar-refractivity contribution in [1.82, 2.24) is 24.6 Å². The van der Waals surface area contributed by atoms with Crippen molar-refractivity contribution in [3.05, 3.63) is 60.2 Å². The quantitative estimate of drug-likeness (QED) is 0.458. The van der Waals surface area contributed by atoms with Crippen molar-refractivity contribution in [2.45, 2.75) is 18.9 Å². The van der Waals surface area contributed by atoms with Crippen LogP contribution in [0.5, 0.6) is 0 Å². The largest absolute Gasteiger partial charge is 0.355 e. The van der Waals surface area contributed by atoms with Crippen molar-refractivity contribution >= 4 is 16.7 Å². The van der Waals surface area contributed by atoms with Gasteiger partial charge in [-0.1, -0.05) is 18.2 Å². The van der Waals surface area contributed by atoms with E-state index in [-0.39, 0.29) is 5.56 Å². The van der Waals surface area contributed by atoms with Crippen LogP contribution in [0.15, 0.2) is 48.8 Å². The number of fused-ring (bicyclic) bond motifs is 1. The molecule has 3 heterocycles. The van der Waals surface area contributed by atoms with E-state index in [1.807, 2.05) is 37.5 Å². The Morgan fingerprint density at radius 3 is 2.50 bits per heavy atom. The first kappa shape index (κ1) is 22.0. The second-order valence-electron chi connectivity index (χ2n) is 8.99. The topological polar surface area (TPSA) is 73.9 Å². The lowest BCUT2D eigenvalue weighted by Gasteiger charge is -2.35. The van der Waals surface area contributed by atoms with Crippen LogP contribution in [0.2, 0.25) is 0 Å². The number of anilines is 1. The van der Waals surface area contributed by atoms with E-state index in [9.17, 15) is 4.39 Å². The summed E-state index contributed by atoms with van der Waals surface area (Å²) in [7, 11) is 6.12. The number of aromatic nitrogens is 4. The van der Waals surface area contributed by atoms with Crippen LogP contribution in [0.25, 0.3) is 33.4 Å². The zero-order valence-electron chi connectivity index (χ0n) is 19.5. The maximum absolute atomic E-state index is 14.6. The maximum Gasteiger partial charge on any atom is 0.147 e. The van der Waals surface area contributed by atoms with Gasteiger partial charge in [-0.2, -0.15) is 10.4 Å². The Hall–Kier alpha value is -3.83. The predicted molar refractivity (Wildman–Crippen MR) is 131 cm³/mol. The third kappa shape index (κ3) is 4.11. The van der Waals surface area contributed by atoms with Gasteiger partial charge in [0.1, 0.15) is 17.7 Å². The summed E-state index contributed by atoms with van der Waals surface area (Å²) in [4.78, 5) is 14.3. The SMILES string of the molecule is CN(C)C1CCN(c2cnc(-c3ccc4cn(C)nc4c3)c(-c3ccc(C#N)c(F)c3)n2)CC1. The molecule has 0 saturated carbocycles. The molecule has 0 spiro atoms. The molecule has 8 heteroatoms. The molecule has 1 aliphatic rings. The lowest BCUT2D eigenvalue weighted by atomic mass is 10.0. The van der Waals surface area contributed by atoms with Gasteiger partial charge in [-0.3, -0.25) is 9.67 Å². The average Bonchev–Trinajstić information content (AvgIpc) is 3.23. The molecule has 0 bridgehead atoms. The highest BCUT2D eigenvalue weighted by Crippen LogP contribution is 2.33. The van der Waals surface area contributed by atoms with Crippen molar-refractivity contribution in [2.75, 3.05) is 32.1 Å². The predicted octanol–water partition coefficient (Wildman–Crippen LogP) is 4.24. The molecule has 0 aliphatic carbocycles. The van der Waals surface area contributed by atoms with E-state index in [0.717, 1.165) is 48.2 Å². The highest BCUT2D eigenvalue weighted by Gasteiger charge is 2.23. The Morgan fingerprint density at radius 2 is 1.79 bits per heavy atom. The number of hydrogen-bond donors (Lipinski definition) is 0. The number of halogens is 1. The third-order valence-electron chi connectivity index (χ3n) is 6.54. The van der Waals surface area contributed by atoms with Crippen molar-refractivity contribution in [1.29, 1.82) is 5.26 Å². The summed E-state index contributed by atoms with van der Waals surface area (Å²) in [5.41, 5.74) is 3.56. The molecule has 5 rings (SSSR count). The standard InChI is InChI=1S/C26H26FN7/c1-32(2)21-8-10-34(11-9-21)24-15-29-25(18-5-7-20-16-33(3)31-23(20)13-18)26(30-24)17-4-6-19(14-28)22(27)12-17/h4-7,12-13,15-16,21H,8-11H2,1-3H3. The fourth-order valence-electron chi connectivity index (χ4n) is 4.60. The van der Waals surface area contributed by atoms with Crippen LogP contribution in [0.1, 0.15) is 18.4 Å². The molecule has 1 aliphatic heterocycles. The molecule has 0 amide bonds. The molecule has 34 heavy (non-hydrogen) atoms. The third-order valence-corrected chi connectivity index (χ3v) is 6.54. The highest BCUT2D eigenvalue weighted by atomic mass is 19.1. The molecule has 0 unspecified atom stereocenters. The Bertz CT molecular complexity index is 1390. The summed E-state index contributed by atoms with van der Waals surface area (Å²) in [6.45, 7) is 1.77. The van der Waals surface area contributed by atoms with Gasteiger partial charge in [-0.25, -0.2) is 9.37 Å². The second kappa shape index (κ2) is 8.84. The number of benzene rings is 2. The highest BCUT2D eigenvalue weighted by molar-refractivity contribution is 5.87. The van der Waals surface area contributed by atoms with E-state index in [1.54, 1.807) is 16.9 Å². The molecular formula is C26H26FN7. The fraction of sp³-hybridized carbons (Fsp3) is 0.308. The molecule has 172 valence electrons. The number of rotatable bonds is 4. The van der Waals surface area contributed by atoms with E-state index < -0.39 is 5.82 Å². The molecular weight excluding hydrogens is 429 g/mol. The minimum atomic E-state index is -0.565. The first-order chi connectivity index (χ1) is 16.4. The smallest absolute Gasteiger partial charge is 0.147 e. The van der Waals surface area contributed by atoms with Gasteiger partial charge in [-0.05, 0) is 45.1 Å². The minimum absolute atomic E-state index is 0.00933. The van der Waals surface area contributed by atoms with Gasteiger partial charge >= 0.3 is 0 Å². The summed E-state index contributed by atoms with van der Waals surface area (Å²) in [5.74, 6) is 0.213. The molecule has 1 fully saturated rings. The molecule has 0 radical (unpaired) electrons. The zero-order chi connectivity index (χ0) is 23.8. The molecule has 4 aromatic rings. The van der Waals surface area contributed by atoms with Crippen LogP contribution >= 0.6 is 0 Å². The van der Waals surface area contributed by atoms with E-state index in [2.05, 4.69) is 29.0 Å². The maximum atomic E-state index is 14.6. The number of nitrogens with zero attached hydrogens (tertiary/aromatic N) is 7. The average molecular weight is 456 g/mol. The molecule has 2 aromatic heterocycles. The second-order valence-corrected chi connectivity index (χ2v) is 8.99. The van der Waals surface area contributed by atoms with Gasteiger partial charge in [0.15, 0.2) is 0 Å². The monoisotopic (exact) mass is 455 g/mol. The summed E-state index contributed by atoms with van der Waals surface area (Å²) < 4.78 is 16.3. The van der Waals surface area contributed by atoms with Crippen LogP contribution in [0, 0.1) is 17.1 Å². The number of piperidine rings is 1. The minimum Gasteiger partial charge on any atom is -0.355 e. The molecule has 2 aromatic carbocycles. The van der Waals surface area contributed by atoms with Gasteiger partial charge in [0.25, 0.3) is 0 Å². The van der Waals surface area contributed by atoms with Crippen LogP contribution in [-0.4, -0.2) is 57.9 Å². The van der Waals surface area contributed by atoms with Gasteiger partial charge in [0.05, 0.1) is 28.7 Å². The lowest BCUT2D eigenvalue weighted by molar-refractivity contribution is 0.249. The van der Waals surface area contributed by atoms with E-state index in [0.29, 0.717) is 23.0 Å². The number of nitriles is 1. The fourth-order valence-corrected chi connectivity index (χ4v) is 4.60. The van der Waals surface area contributed by atoms with Crippen molar-refractivity contribution < 1.29 is 4.39 Å². The van der Waals surface area contributed by atoms with Crippen LogP contribution in [0.3, 0.4) is 0 Å². The van der Waals surface area contributed by atoms with Gasteiger partial charge in [-0.15, -0.1) is 0 Å². The summed E-state index contributed by atoms with van der Waals surface area (Å²) in [6.07, 6.45) is 5.86. The zero-order valence-corrected chi connectivity index (χ0v) is 19.5. The van der Waals surface area contributed by atoms with Crippen LogP contribution in [0.4, 0.5) is 10.2 Å². The first-order valence-corrected chi connectivity index (χ1v) is 11.3. The summed E-state index contributed by atoms with van der Waals surface area (Å²) in [5, 5.41) is 14.7. The van der Waals surface area contributed by atoms with Gasteiger partial charge in [0.2, 0.25) is 0 Å². The van der Waals surface area contributed by atoms with Crippen molar-refractivity contribution in [2.24, 2.45) is 7.05 Å². The molecule has 1 saturated heterocycles. The first-order valence-electron chi connectivity index (χ1n) is 11.3. The summed E-state index contributed by atoms with van der Waals surface area (Å²) in [6, 6.07) is 13.0. The van der Waals surface area contributed by atoms with Crippen molar-refractivity contribution in [3.63, 3.8) is 0 Å². The van der Waals surface area contributed by atoms with Crippen LogP contribution in [-0.2, 0) is 7.05 Å². The normalized spacial score (nSPS) is 14.6. The molecule has 0 N–H and O–H groups in total. The Balaban J connectivity index is 1.59. The van der Waals surface area contributed by atoms with Gasteiger partial charge < -0.3 is 9.80 Å². The number of aryl methyl sites for hydroxylation is 1. The number of hydrogen-bond acceptors (Lipinski definition) is 6. The molecule has 0 atom stereocenters. The van der Waals surface area contributed by atoms with Crippen molar-refractivity contribution in [3.8, 4) is 28.6 Å². The van der Waals surface area contributed by atoms with Gasteiger partial charge in [0, 0.05) is 48.9 Å². The Morgan fingerprint density at radius 1 is 1.06 bits per heavy atom. The lowest BCUT2D eigenvalue weighted by Crippen LogP contribution is -2.42.